The molecular formula is C16H17NO3. The first-order valence-corrected chi connectivity index (χ1v) is 6.50. The summed E-state index contributed by atoms with van der Waals surface area (Å²) in [5.74, 6) is -0.301. The van der Waals surface area contributed by atoms with Crippen molar-refractivity contribution in [3.8, 4) is 0 Å². The molecule has 1 aliphatic rings. The number of carbonyl (C=O) groups is 3. The highest BCUT2D eigenvalue weighted by Gasteiger charge is 2.35. The van der Waals surface area contributed by atoms with E-state index in [9.17, 15) is 14.4 Å². The molecule has 0 amide bonds. The lowest BCUT2D eigenvalue weighted by molar-refractivity contribution is -0.127. The number of aldehydes is 1. The third-order valence-electron chi connectivity index (χ3n) is 3.34. The van der Waals surface area contributed by atoms with Crippen molar-refractivity contribution in [1.82, 2.24) is 0 Å². The van der Waals surface area contributed by atoms with Crippen molar-refractivity contribution in [3.05, 3.63) is 41.6 Å². The van der Waals surface area contributed by atoms with Gasteiger partial charge in [-0.25, -0.2) is 0 Å². The molecule has 20 heavy (non-hydrogen) atoms. The number of allylic oxidation sites excluding steroid dienone is 1. The lowest BCUT2D eigenvalue weighted by Crippen LogP contribution is -2.31. The van der Waals surface area contributed by atoms with Crippen LogP contribution in [0.15, 0.2) is 36.0 Å². The summed E-state index contributed by atoms with van der Waals surface area (Å²) < 4.78 is 0. The number of ketones is 2. The Bertz CT molecular complexity index is 577. The minimum absolute atomic E-state index is 0.151. The highest BCUT2D eigenvalue weighted by molar-refractivity contribution is 6.22. The second-order valence-corrected chi connectivity index (χ2v) is 5.77. The van der Waals surface area contributed by atoms with E-state index in [0.29, 0.717) is 24.1 Å². The van der Waals surface area contributed by atoms with Crippen molar-refractivity contribution in [1.29, 1.82) is 0 Å². The number of hydrogen-bond acceptors (Lipinski definition) is 4. The average molecular weight is 271 g/mol. The third-order valence-corrected chi connectivity index (χ3v) is 3.34. The highest BCUT2D eigenvalue weighted by atomic mass is 16.2. The molecule has 0 heterocycles. The first-order chi connectivity index (χ1) is 9.43. The SMILES string of the molecule is CC1(C)CC(=O)C(=CNc2ccccc2C=O)C(=O)C1. The van der Waals surface area contributed by atoms with E-state index in [-0.39, 0.29) is 22.6 Å². The van der Waals surface area contributed by atoms with Crippen LogP contribution in [0.2, 0.25) is 0 Å². The highest BCUT2D eigenvalue weighted by Crippen LogP contribution is 2.33. The number of benzene rings is 1. The fourth-order valence-corrected chi connectivity index (χ4v) is 2.32. The number of para-hydroxylation sites is 1. The van der Waals surface area contributed by atoms with Crippen LogP contribution >= 0.6 is 0 Å². The van der Waals surface area contributed by atoms with Crippen LogP contribution in [0.5, 0.6) is 0 Å². The van der Waals surface area contributed by atoms with Crippen LogP contribution in [-0.4, -0.2) is 17.9 Å². The lowest BCUT2D eigenvalue weighted by atomic mass is 9.74. The molecule has 0 aromatic heterocycles. The van der Waals surface area contributed by atoms with E-state index in [0.717, 1.165) is 6.29 Å². The number of nitrogens with one attached hydrogen (secondary N) is 1. The van der Waals surface area contributed by atoms with Crippen molar-refractivity contribution < 1.29 is 14.4 Å². The smallest absolute Gasteiger partial charge is 0.168 e. The molecule has 0 bridgehead atoms. The fourth-order valence-electron chi connectivity index (χ4n) is 2.32. The third kappa shape index (κ3) is 3.02. The van der Waals surface area contributed by atoms with E-state index in [1.165, 1.54) is 6.20 Å². The molecule has 4 heteroatoms. The first-order valence-electron chi connectivity index (χ1n) is 6.50. The van der Waals surface area contributed by atoms with E-state index >= 15 is 0 Å². The zero-order valence-corrected chi connectivity index (χ0v) is 11.6. The van der Waals surface area contributed by atoms with E-state index in [1.807, 2.05) is 13.8 Å². The van der Waals surface area contributed by atoms with Crippen molar-refractivity contribution >= 4 is 23.5 Å². The molecule has 1 aromatic carbocycles. The summed E-state index contributed by atoms with van der Waals surface area (Å²) in [7, 11) is 0. The molecule has 1 aromatic rings. The van der Waals surface area contributed by atoms with Gasteiger partial charge in [0.25, 0.3) is 0 Å². The maximum atomic E-state index is 12.0. The Kier molecular flexibility index (Phi) is 3.84. The van der Waals surface area contributed by atoms with Crippen LogP contribution in [0.4, 0.5) is 5.69 Å². The minimum atomic E-state index is -0.272. The largest absolute Gasteiger partial charge is 0.360 e. The monoisotopic (exact) mass is 271 g/mol. The Labute approximate surface area is 117 Å². The molecule has 0 atom stereocenters. The maximum absolute atomic E-state index is 12.0. The molecule has 0 saturated heterocycles. The number of hydrogen-bond donors (Lipinski definition) is 1. The van der Waals surface area contributed by atoms with Crippen LogP contribution in [-0.2, 0) is 9.59 Å². The molecule has 104 valence electrons. The number of anilines is 1. The van der Waals surface area contributed by atoms with Crippen LogP contribution in [0.1, 0.15) is 37.0 Å². The van der Waals surface area contributed by atoms with Gasteiger partial charge < -0.3 is 5.32 Å². The van der Waals surface area contributed by atoms with Gasteiger partial charge in [-0.2, -0.15) is 0 Å². The number of Topliss-reactive ketones (excluding diaryl/α,β-unsaturated/α-hetero) is 2. The van der Waals surface area contributed by atoms with Gasteiger partial charge in [-0.15, -0.1) is 0 Å². The second kappa shape index (κ2) is 5.41. The summed E-state index contributed by atoms with van der Waals surface area (Å²) in [6, 6.07) is 6.92. The molecule has 1 saturated carbocycles. The molecule has 1 fully saturated rings. The van der Waals surface area contributed by atoms with Gasteiger partial charge in [0, 0.05) is 30.3 Å². The van der Waals surface area contributed by atoms with Crippen molar-refractivity contribution in [2.75, 3.05) is 5.32 Å². The summed E-state index contributed by atoms with van der Waals surface area (Å²) in [6.07, 6.45) is 2.87. The van der Waals surface area contributed by atoms with E-state index < -0.39 is 0 Å². The molecule has 1 N–H and O–H groups in total. The summed E-state index contributed by atoms with van der Waals surface area (Å²) >= 11 is 0. The van der Waals surface area contributed by atoms with Gasteiger partial charge >= 0.3 is 0 Å². The lowest BCUT2D eigenvalue weighted by Gasteiger charge is -2.28. The Morgan fingerprint density at radius 3 is 2.30 bits per heavy atom. The minimum Gasteiger partial charge on any atom is -0.360 e. The zero-order chi connectivity index (χ0) is 14.8. The predicted octanol–water partition coefficient (Wildman–Crippen LogP) is 2.75. The Balaban J connectivity index is 2.21. The second-order valence-electron chi connectivity index (χ2n) is 5.77. The van der Waals surface area contributed by atoms with Gasteiger partial charge in [-0.05, 0) is 17.5 Å². The molecule has 0 radical (unpaired) electrons. The van der Waals surface area contributed by atoms with E-state index in [2.05, 4.69) is 5.32 Å². The van der Waals surface area contributed by atoms with E-state index in [1.54, 1.807) is 24.3 Å². The molecule has 0 aliphatic heterocycles. The molecule has 0 spiro atoms. The Morgan fingerprint density at radius 2 is 1.70 bits per heavy atom. The van der Waals surface area contributed by atoms with Crippen LogP contribution in [0.25, 0.3) is 0 Å². The van der Waals surface area contributed by atoms with Crippen molar-refractivity contribution in [2.45, 2.75) is 26.7 Å². The average Bonchev–Trinajstić information content (AvgIpc) is 2.36. The quantitative estimate of drug-likeness (QED) is 0.521. The molecule has 2 rings (SSSR count). The molecule has 0 unspecified atom stereocenters. The van der Waals surface area contributed by atoms with Gasteiger partial charge in [0.1, 0.15) is 0 Å². The van der Waals surface area contributed by atoms with E-state index in [4.69, 9.17) is 0 Å². The van der Waals surface area contributed by atoms with Crippen LogP contribution in [0.3, 0.4) is 0 Å². The molecule has 4 nitrogen and oxygen atoms in total. The summed E-state index contributed by atoms with van der Waals surface area (Å²) in [5, 5.41) is 2.89. The fraction of sp³-hybridized carbons (Fsp3) is 0.312. The Morgan fingerprint density at radius 1 is 1.10 bits per heavy atom. The van der Waals surface area contributed by atoms with Gasteiger partial charge in [0.15, 0.2) is 17.9 Å². The summed E-state index contributed by atoms with van der Waals surface area (Å²) in [5.41, 5.74) is 0.984. The molecule has 1 aliphatic carbocycles. The van der Waals surface area contributed by atoms with Gasteiger partial charge in [-0.1, -0.05) is 26.0 Å². The summed E-state index contributed by atoms with van der Waals surface area (Å²) in [6.45, 7) is 3.82. The van der Waals surface area contributed by atoms with Gasteiger partial charge in [0.2, 0.25) is 0 Å². The van der Waals surface area contributed by atoms with Crippen LogP contribution < -0.4 is 5.32 Å². The maximum Gasteiger partial charge on any atom is 0.168 e. The molecular weight excluding hydrogens is 254 g/mol. The van der Waals surface area contributed by atoms with Gasteiger partial charge in [0.05, 0.1) is 5.57 Å². The predicted molar refractivity (Wildman–Crippen MR) is 76.6 cm³/mol. The summed E-state index contributed by atoms with van der Waals surface area (Å²) in [4.78, 5) is 34.9. The normalized spacial score (nSPS) is 17.8. The number of carbonyl (C=O) groups excluding carboxylic acids is 3. The Hall–Kier alpha value is -2.23. The first kappa shape index (κ1) is 14.2. The zero-order valence-electron chi connectivity index (χ0n) is 11.6. The topological polar surface area (TPSA) is 63.2 Å². The van der Waals surface area contributed by atoms with Crippen molar-refractivity contribution in [3.63, 3.8) is 0 Å². The van der Waals surface area contributed by atoms with Crippen molar-refractivity contribution in [2.24, 2.45) is 5.41 Å². The standard InChI is InChI=1S/C16H17NO3/c1-16(2)7-14(19)12(15(20)8-16)9-17-13-6-4-3-5-11(13)10-18/h3-6,9-10,17H,7-8H2,1-2H3. The number of rotatable bonds is 3. The van der Waals surface area contributed by atoms with Gasteiger partial charge in [-0.3, -0.25) is 14.4 Å². The van der Waals surface area contributed by atoms with Crippen LogP contribution in [0, 0.1) is 5.41 Å².